The van der Waals surface area contributed by atoms with Crippen LogP contribution in [0.3, 0.4) is 0 Å². The zero-order chi connectivity index (χ0) is 19.2. The molecular formula is C19H37N3O2S2. The van der Waals surface area contributed by atoms with Crippen LogP contribution in [0.5, 0.6) is 0 Å². The molecule has 3 N–H and O–H groups in total. The molecule has 0 aromatic carbocycles. The second-order valence-corrected chi connectivity index (χ2v) is 9.85. The van der Waals surface area contributed by atoms with Gasteiger partial charge in [-0.05, 0) is 38.1 Å². The van der Waals surface area contributed by atoms with Crippen LogP contribution in [0.4, 0.5) is 0 Å². The molecule has 152 valence electrons. The number of rotatable bonds is 14. The lowest BCUT2D eigenvalue weighted by atomic mass is 10.1. The van der Waals surface area contributed by atoms with Crippen molar-refractivity contribution in [3.63, 3.8) is 0 Å². The zero-order valence-electron chi connectivity index (χ0n) is 16.5. The van der Waals surface area contributed by atoms with E-state index in [1.54, 1.807) is 21.6 Å². The van der Waals surface area contributed by atoms with E-state index < -0.39 is 0 Å². The number of hydrogen-bond donors (Lipinski definition) is 2. The predicted molar refractivity (Wildman–Crippen MR) is 114 cm³/mol. The fourth-order valence-corrected chi connectivity index (χ4v) is 5.28. The molecule has 0 saturated carbocycles. The number of nitrogens with two attached hydrogens (primary N) is 1. The van der Waals surface area contributed by atoms with Crippen LogP contribution < -0.4 is 11.1 Å². The van der Waals surface area contributed by atoms with Crippen LogP contribution >= 0.6 is 21.6 Å². The zero-order valence-corrected chi connectivity index (χ0v) is 18.1. The summed E-state index contributed by atoms with van der Waals surface area (Å²) in [6.07, 6.45) is 7.74. The maximum Gasteiger partial charge on any atom is 0.223 e. The molecule has 1 fully saturated rings. The highest BCUT2D eigenvalue weighted by Crippen LogP contribution is 2.27. The van der Waals surface area contributed by atoms with E-state index in [-0.39, 0.29) is 5.91 Å². The molecule has 0 spiro atoms. The van der Waals surface area contributed by atoms with Crippen molar-refractivity contribution in [1.82, 2.24) is 10.2 Å². The minimum absolute atomic E-state index is 0.129. The van der Waals surface area contributed by atoms with Crippen LogP contribution in [0.25, 0.3) is 0 Å². The molecule has 0 radical (unpaired) electrons. The summed E-state index contributed by atoms with van der Waals surface area (Å²) in [4.78, 5) is 26.2. The van der Waals surface area contributed by atoms with Gasteiger partial charge in [-0.3, -0.25) is 9.59 Å². The average Bonchev–Trinajstić information content (AvgIpc) is 3.01. The van der Waals surface area contributed by atoms with Crippen LogP contribution in [0.2, 0.25) is 0 Å². The SMILES string of the molecule is CC[C@@H]1C[C@@H](C)CN1C(=O)CCSSCCC(=O)NCCCCCCN. The second kappa shape index (κ2) is 14.6. The molecule has 1 heterocycles. The summed E-state index contributed by atoms with van der Waals surface area (Å²) in [5, 5.41) is 2.97. The quantitative estimate of drug-likeness (QED) is 0.343. The lowest BCUT2D eigenvalue weighted by molar-refractivity contribution is -0.131. The molecule has 7 heteroatoms. The molecule has 2 atom stereocenters. The van der Waals surface area contributed by atoms with E-state index in [2.05, 4.69) is 24.1 Å². The lowest BCUT2D eigenvalue weighted by Crippen LogP contribution is -2.35. The van der Waals surface area contributed by atoms with Crippen molar-refractivity contribution in [3.05, 3.63) is 0 Å². The van der Waals surface area contributed by atoms with Gasteiger partial charge in [-0.1, -0.05) is 48.3 Å². The monoisotopic (exact) mass is 403 g/mol. The first-order valence-corrected chi connectivity index (χ1v) is 12.6. The summed E-state index contributed by atoms with van der Waals surface area (Å²) >= 11 is 0. The summed E-state index contributed by atoms with van der Waals surface area (Å²) < 4.78 is 0. The summed E-state index contributed by atoms with van der Waals surface area (Å²) in [7, 11) is 3.40. The number of carbonyl (C=O) groups excluding carboxylic acids is 2. The predicted octanol–water partition coefficient (Wildman–Crippen LogP) is 3.43. The normalized spacial score (nSPS) is 19.7. The molecule has 26 heavy (non-hydrogen) atoms. The van der Waals surface area contributed by atoms with E-state index in [0.29, 0.717) is 30.7 Å². The van der Waals surface area contributed by atoms with Crippen molar-refractivity contribution in [1.29, 1.82) is 0 Å². The van der Waals surface area contributed by atoms with Gasteiger partial charge in [-0.2, -0.15) is 0 Å². The summed E-state index contributed by atoms with van der Waals surface area (Å²) in [6.45, 7) is 6.83. The minimum Gasteiger partial charge on any atom is -0.356 e. The first-order chi connectivity index (χ1) is 12.6. The molecule has 0 bridgehead atoms. The van der Waals surface area contributed by atoms with Crippen molar-refractivity contribution < 1.29 is 9.59 Å². The highest BCUT2D eigenvalue weighted by Gasteiger charge is 2.31. The van der Waals surface area contributed by atoms with Gasteiger partial charge in [0.05, 0.1) is 0 Å². The highest BCUT2D eigenvalue weighted by molar-refractivity contribution is 8.76. The van der Waals surface area contributed by atoms with Gasteiger partial charge in [-0.15, -0.1) is 0 Å². The van der Waals surface area contributed by atoms with Gasteiger partial charge < -0.3 is 16.0 Å². The fourth-order valence-electron chi connectivity index (χ4n) is 3.31. The molecule has 0 aromatic heterocycles. The largest absolute Gasteiger partial charge is 0.356 e. The van der Waals surface area contributed by atoms with Gasteiger partial charge in [0, 0.05) is 43.5 Å². The molecule has 0 unspecified atom stereocenters. The number of unbranched alkanes of at least 4 members (excludes halogenated alkanes) is 3. The van der Waals surface area contributed by atoms with Gasteiger partial charge in [0.25, 0.3) is 0 Å². The molecule has 1 aliphatic heterocycles. The summed E-state index contributed by atoms with van der Waals surface area (Å²) in [5.41, 5.74) is 5.45. The molecule has 5 nitrogen and oxygen atoms in total. The molecule has 0 aromatic rings. The van der Waals surface area contributed by atoms with Crippen LogP contribution in [0.1, 0.15) is 65.2 Å². The first-order valence-electron chi connectivity index (χ1n) is 10.1. The second-order valence-electron chi connectivity index (χ2n) is 7.15. The third-order valence-electron chi connectivity index (χ3n) is 4.76. The Kier molecular flexibility index (Phi) is 13.3. The number of nitrogens with zero attached hydrogens (tertiary/aromatic N) is 1. The summed E-state index contributed by atoms with van der Waals surface area (Å²) in [5.74, 6) is 2.68. The summed E-state index contributed by atoms with van der Waals surface area (Å²) in [6, 6.07) is 0.439. The Hall–Kier alpha value is -0.400. The molecular weight excluding hydrogens is 366 g/mol. The van der Waals surface area contributed by atoms with E-state index in [1.165, 1.54) is 0 Å². The van der Waals surface area contributed by atoms with Crippen LogP contribution in [-0.4, -0.2) is 53.9 Å². The molecule has 1 aliphatic rings. The van der Waals surface area contributed by atoms with Gasteiger partial charge in [0.15, 0.2) is 0 Å². The van der Waals surface area contributed by atoms with Crippen molar-refractivity contribution in [2.75, 3.05) is 31.1 Å². The van der Waals surface area contributed by atoms with Gasteiger partial charge in [0.1, 0.15) is 0 Å². The van der Waals surface area contributed by atoms with Crippen LogP contribution in [-0.2, 0) is 9.59 Å². The maximum absolute atomic E-state index is 12.3. The Morgan fingerprint density at radius 1 is 1.12 bits per heavy atom. The van der Waals surface area contributed by atoms with Crippen molar-refractivity contribution >= 4 is 33.4 Å². The number of carbonyl (C=O) groups is 2. The molecule has 0 aliphatic carbocycles. The van der Waals surface area contributed by atoms with Crippen molar-refractivity contribution in [2.45, 2.75) is 71.3 Å². The Bertz CT molecular complexity index is 410. The third-order valence-corrected chi connectivity index (χ3v) is 7.17. The van der Waals surface area contributed by atoms with Gasteiger partial charge >= 0.3 is 0 Å². The standard InChI is InChI=1S/C19H37N3O2S2/c1-3-17-14-16(2)15-22(17)19(24)9-13-26-25-12-8-18(23)21-11-7-5-4-6-10-20/h16-17H,3-15,20H2,1-2H3,(H,21,23)/t16-,17-/m1/s1. The van der Waals surface area contributed by atoms with Crippen LogP contribution in [0.15, 0.2) is 0 Å². The number of likely N-dealkylation sites (tertiary alicyclic amines) is 1. The third kappa shape index (κ3) is 10.1. The smallest absolute Gasteiger partial charge is 0.223 e. The van der Waals surface area contributed by atoms with E-state index >= 15 is 0 Å². The van der Waals surface area contributed by atoms with Crippen molar-refractivity contribution in [3.8, 4) is 0 Å². The number of nitrogens with one attached hydrogen (secondary N) is 1. The Balaban J connectivity index is 1.97. The average molecular weight is 404 g/mol. The first kappa shape index (κ1) is 23.6. The lowest BCUT2D eigenvalue weighted by Gasteiger charge is -2.23. The Morgan fingerprint density at radius 2 is 1.81 bits per heavy atom. The van der Waals surface area contributed by atoms with E-state index in [1.807, 2.05) is 0 Å². The Morgan fingerprint density at radius 3 is 2.50 bits per heavy atom. The van der Waals surface area contributed by atoms with E-state index in [0.717, 1.165) is 69.7 Å². The van der Waals surface area contributed by atoms with E-state index in [4.69, 9.17) is 5.73 Å². The number of hydrogen-bond acceptors (Lipinski definition) is 5. The van der Waals surface area contributed by atoms with Crippen LogP contribution in [0, 0.1) is 5.92 Å². The Labute approximate surface area is 167 Å². The molecule has 1 saturated heterocycles. The molecule has 2 amide bonds. The maximum atomic E-state index is 12.3. The van der Waals surface area contributed by atoms with Gasteiger partial charge in [-0.25, -0.2) is 0 Å². The van der Waals surface area contributed by atoms with Crippen molar-refractivity contribution in [2.24, 2.45) is 11.7 Å². The topological polar surface area (TPSA) is 75.4 Å². The number of amides is 2. The minimum atomic E-state index is 0.129. The van der Waals surface area contributed by atoms with E-state index in [9.17, 15) is 9.59 Å². The highest BCUT2D eigenvalue weighted by atomic mass is 33.1. The fraction of sp³-hybridized carbons (Fsp3) is 0.895. The molecule has 1 rings (SSSR count). The van der Waals surface area contributed by atoms with Gasteiger partial charge in [0.2, 0.25) is 11.8 Å².